The molecule has 0 atom stereocenters. The zero-order valence-electron chi connectivity index (χ0n) is 11.6. The van der Waals surface area contributed by atoms with Crippen LogP contribution in [0.4, 0.5) is 14.5 Å². The molecule has 1 aromatic rings. The zero-order valence-corrected chi connectivity index (χ0v) is 12.4. The normalized spacial score (nSPS) is 11.7. The molecule has 0 aliphatic rings. The topological polar surface area (TPSA) is 89.7 Å². The lowest BCUT2D eigenvalue weighted by Gasteiger charge is -2.17. The van der Waals surface area contributed by atoms with Crippen molar-refractivity contribution in [2.45, 2.75) is 18.2 Å². The van der Waals surface area contributed by atoms with Gasteiger partial charge in [0, 0.05) is 13.6 Å². The number of nitrogens with two attached hydrogens (primary N) is 1. The molecule has 0 unspecified atom stereocenters. The summed E-state index contributed by atoms with van der Waals surface area (Å²) < 4.78 is 56.6. The average Bonchev–Trinajstić information content (AvgIpc) is 2.42. The molecular weight excluding hydrogens is 306 g/mol. The molecule has 0 spiro atoms. The van der Waals surface area contributed by atoms with Gasteiger partial charge < -0.3 is 10.5 Å². The molecule has 1 aromatic carbocycles. The Morgan fingerprint density at radius 2 is 2.00 bits per heavy atom. The summed E-state index contributed by atoms with van der Waals surface area (Å²) in [5, 5.41) is 0. The van der Waals surface area contributed by atoms with Crippen LogP contribution in [0.1, 0.15) is 13.3 Å². The van der Waals surface area contributed by atoms with Gasteiger partial charge in [-0.15, -0.1) is 0 Å². The van der Waals surface area contributed by atoms with Crippen molar-refractivity contribution in [1.29, 1.82) is 0 Å². The second kappa shape index (κ2) is 6.81. The van der Waals surface area contributed by atoms with Gasteiger partial charge in [0.15, 0.2) is 5.82 Å². The van der Waals surface area contributed by atoms with E-state index >= 15 is 0 Å². The summed E-state index contributed by atoms with van der Waals surface area (Å²) in [6.07, 6.45) is -0.179. The molecule has 0 aromatic heterocycles. The van der Waals surface area contributed by atoms with Gasteiger partial charge in [-0.05, 0) is 19.1 Å². The van der Waals surface area contributed by atoms with Gasteiger partial charge in [-0.2, -0.15) is 0 Å². The predicted octanol–water partition coefficient (Wildman–Crippen LogP) is 1.12. The van der Waals surface area contributed by atoms with Crippen molar-refractivity contribution in [2.75, 3.05) is 25.9 Å². The van der Waals surface area contributed by atoms with E-state index in [2.05, 4.69) is 4.74 Å². The molecule has 0 fully saturated rings. The summed E-state index contributed by atoms with van der Waals surface area (Å²) in [4.78, 5) is 10.4. The summed E-state index contributed by atoms with van der Waals surface area (Å²) in [5.74, 6) is -2.96. The Kier molecular flexibility index (Phi) is 5.62. The summed E-state index contributed by atoms with van der Waals surface area (Å²) in [5.41, 5.74) is 4.27. The quantitative estimate of drug-likeness (QED) is 0.626. The Labute approximate surface area is 121 Å². The second-order valence-electron chi connectivity index (χ2n) is 4.15. The molecule has 0 aliphatic carbocycles. The van der Waals surface area contributed by atoms with Crippen molar-refractivity contribution in [3.63, 3.8) is 0 Å². The number of benzene rings is 1. The standard InChI is InChI=1S/C12H16F2N2O4S/c1-3-20-10(17)6-7-16(2)21(18,19)9-5-4-8(13)12(15)11(9)14/h4-5H,3,6-7,15H2,1-2H3. The van der Waals surface area contributed by atoms with Gasteiger partial charge in [0.2, 0.25) is 10.0 Å². The van der Waals surface area contributed by atoms with Gasteiger partial charge in [-0.25, -0.2) is 21.5 Å². The molecule has 0 amide bonds. The largest absolute Gasteiger partial charge is 0.466 e. The Morgan fingerprint density at radius 1 is 1.38 bits per heavy atom. The lowest BCUT2D eigenvalue weighted by atomic mass is 10.3. The summed E-state index contributed by atoms with van der Waals surface area (Å²) in [7, 11) is -3.04. The van der Waals surface area contributed by atoms with Crippen LogP contribution >= 0.6 is 0 Å². The molecule has 0 radical (unpaired) electrons. The molecule has 6 nitrogen and oxygen atoms in total. The fraction of sp³-hybridized carbons (Fsp3) is 0.417. The zero-order chi connectivity index (χ0) is 16.2. The Bertz CT molecular complexity index is 634. The van der Waals surface area contributed by atoms with E-state index in [0.29, 0.717) is 0 Å². The second-order valence-corrected chi connectivity index (χ2v) is 6.17. The van der Waals surface area contributed by atoms with E-state index in [1.165, 1.54) is 7.05 Å². The molecule has 2 N–H and O–H groups in total. The first-order valence-corrected chi connectivity index (χ1v) is 7.51. The molecule has 0 saturated heterocycles. The Morgan fingerprint density at radius 3 is 2.57 bits per heavy atom. The van der Waals surface area contributed by atoms with Crippen LogP contribution in [0.2, 0.25) is 0 Å². The van der Waals surface area contributed by atoms with Crippen LogP contribution in [-0.4, -0.2) is 38.9 Å². The van der Waals surface area contributed by atoms with Gasteiger partial charge in [0.1, 0.15) is 16.4 Å². The fourth-order valence-electron chi connectivity index (χ4n) is 1.52. The predicted molar refractivity (Wildman–Crippen MR) is 71.8 cm³/mol. The van der Waals surface area contributed by atoms with Crippen molar-refractivity contribution < 1.29 is 26.7 Å². The number of hydrogen-bond acceptors (Lipinski definition) is 5. The molecule has 0 heterocycles. The maximum absolute atomic E-state index is 13.8. The highest BCUT2D eigenvalue weighted by Crippen LogP contribution is 2.24. The van der Waals surface area contributed by atoms with Gasteiger partial charge in [-0.1, -0.05) is 0 Å². The molecule has 21 heavy (non-hydrogen) atoms. The Balaban J connectivity index is 2.96. The molecule has 0 aliphatic heterocycles. The van der Waals surface area contributed by atoms with Gasteiger partial charge in [-0.3, -0.25) is 4.79 Å². The minimum Gasteiger partial charge on any atom is -0.466 e. The van der Waals surface area contributed by atoms with Crippen LogP contribution in [0.15, 0.2) is 17.0 Å². The van der Waals surface area contributed by atoms with Gasteiger partial charge in [0.05, 0.1) is 13.0 Å². The van der Waals surface area contributed by atoms with Crippen LogP contribution in [0.25, 0.3) is 0 Å². The average molecular weight is 322 g/mol. The van der Waals surface area contributed by atoms with Crippen molar-refractivity contribution in [3.05, 3.63) is 23.8 Å². The molecular formula is C12H16F2N2O4S. The van der Waals surface area contributed by atoms with Crippen molar-refractivity contribution in [1.82, 2.24) is 4.31 Å². The number of rotatable bonds is 6. The number of halogens is 2. The number of nitrogen functional groups attached to an aromatic ring is 1. The van der Waals surface area contributed by atoms with E-state index in [1.54, 1.807) is 6.92 Å². The smallest absolute Gasteiger partial charge is 0.307 e. The first-order chi connectivity index (χ1) is 9.71. The minimum absolute atomic E-state index is 0.179. The van der Waals surface area contributed by atoms with Crippen LogP contribution in [0.5, 0.6) is 0 Å². The summed E-state index contributed by atoms with van der Waals surface area (Å²) >= 11 is 0. The number of ether oxygens (including phenoxy) is 1. The molecule has 1 rings (SSSR count). The molecule has 0 bridgehead atoms. The van der Waals surface area contributed by atoms with E-state index in [1.807, 2.05) is 0 Å². The van der Waals surface area contributed by atoms with Crippen LogP contribution < -0.4 is 5.73 Å². The first kappa shape index (κ1) is 17.3. The third-order valence-corrected chi connectivity index (χ3v) is 4.59. The van der Waals surface area contributed by atoms with E-state index in [9.17, 15) is 22.0 Å². The highest BCUT2D eigenvalue weighted by atomic mass is 32.2. The van der Waals surface area contributed by atoms with E-state index < -0.39 is 38.2 Å². The minimum atomic E-state index is -4.22. The fourth-order valence-corrected chi connectivity index (χ4v) is 2.76. The van der Waals surface area contributed by atoms with Gasteiger partial charge in [0.25, 0.3) is 0 Å². The first-order valence-electron chi connectivity index (χ1n) is 6.07. The van der Waals surface area contributed by atoms with Crippen LogP contribution in [0.3, 0.4) is 0 Å². The van der Waals surface area contributed by atoms with E-state index in [-0.39, 0.29) is 19.6 Å². The Hall–Kier alpha value is -1.74. The van der Waals surface area contributed by atoms with E-state index in [0.717, 1.165) is 16.4 Å². The van der Waals surface area contributed by atoms with E-state index in [4.69, 9.17) is 5.73 Å². The number of anilines is 1. The molecule has 0 saturated carbocycles. The highest BCUT2D eigenvalue weighted by Gasteiger charge is 2.27. The summed E-state index contributed by atoms with van der Waals surface area (Å²) in [6.45, 7) is 1.60. The van der Waals surface area contributed by atoms with Crippen LogP contribution in [0, 0.1) is 11.6 Å². The lowest BCUT2D eigenvalue weighted by molar-refractivity contribution is -0.143. The number of nitrogens with zero attached hydrogens (tertiary/aromatic N) is 1. The van der Waals surface area contributed by atoms with Crippen LogP contribution in [-0.2, 0) is 19.6 Å². The van der Waals surface area contributed by atoms with Crippen molar-refractivity contribution in [3.8, 4) is 0 Å². The van der Waals surface area contributed by atoms with Crippen molar-refractivity contribution in [2.24, 2.45) is 0 Å². The molecule has 118 valence electrons. The number of carbonyl (C=O) groups excluding carboxylic acids is 1. The number of hydrogen-bond donors (Lipinski definition) is 1. The maximum Gasteiger partial charge on any atom is 0.307 e. The van der Waals surface area contributed by atoms with Crippen molar-refractivity contribution >= 4 is 21.7 Å². The number of esters is 1. The maximum atomic E-state index is 13.8. The lowest BCUT2D eigenvalue weighted by Crippen LogP contribution is -2.30. The summed E-state index contributed by atoms with van der Waals surface area (Å²) in [6, 6.07) is 1.56. The highest BCUT2D eigenvalue weighted by molar-refractivity contribution is 7.89. The third-order valence-electron chi connectivity index (χ3n) is 2.72. The third kappa shape index (κ3) is 3.88. The molecule has 9 heteroatoms. The monoisotopic (exact) mass is 322 g/mol. The number of sulfonamides is 1. The van der Waals surface area contributed by atoms with Gasteiger partial charge >= 0.3 is 5.97 Å². The SMILES string of the molecule is CCOC(=O)CCN(C)S(=O)(=O)c1ccc(F)c(N)c1F. The number of carbonyl (C=O) groups is 1.